The largest absolute Gasteiger partial charge is 0.485 e. The molecule has 0 amide bonds. The minimum atomic E-state index is -3.42. The number of aliphatic hydroxyl groups is 2. The Morgan fingerprint density at radius 1 is 0.712 bits per heavy atom. The van der Waals surface area contributed by atoms with E-state index in [1.165, 1.54) is 11.1 Å². The van der Waals surface area contributed by atoms with Crippen LogP contribution in [0.2, 0.25) is 0 Å². The zero-order valence-corrected chi connectivity index (χ0v) is 34.0. The van der Waals surface area contributed by atoms with Crippen LogP contribution in [0.1, 0.15) is 62.0 Å². The molecule has 2 aliphatic rings. The van der Waals surface area contributed by atoms with Gasteiger partial charge < -0.3 is 36.1 Å². The summed E-state index contributed by atoms with van der Waals surface area (Å²) in [5, 5.41) is 28.6. The van der Waals surface area contributed by atoms with E-state index in [1.54, 1.807) is 12.1 Å². The third-order valence-electron chi connectivity index (χ3n) is 9.24. The topological polar surface area (TPSA) is 155 Å². The van der Waals surface area contributed by atoms with E-state index >= 15 is 0 Å². The van der Waals surface area contributed by atoms with E-state index in [-0.39, 0.29) is 12.1 Å². The lowest BCUT2D eigenvalue weighted by Crippen LogP contribution is -2.52. The zero-order valence-electron chi connectivity index (χ0n) is 30.0. The highest BCUT2D eigenvalue weighted by molar-refractivity contribution is 9.11. The molecule has 280 valence electrons. The Hall–Kier alpha value is -3.17. The van der Waals surface area contributed by atoms with Crippen molar-refractivity contribution in [3.8, 4) is 11.5 Å². The smallest absolute Gasteiger partial charge is 0.229 e. The molecule has 0 saturated carbocycles. The van der Waals surface area contributed by atoms with Gasteiger partial charge in [0.1, 0.15) is 34.9 Å². The minimum Gasteiger partial charge on any atom is -0.485 e. The Bertz CT molecular complexity index is 1950. The van der Waals surface area contributed by atoms with E-state index in [2.05, 4.69) is 71.5 Å². The maximum absolute atomic E-state index is 11.6. The van der Waals surface area contributed by atoms with Gasteiger partial charge in [0.15, 0.2) is 0 Å². The summed E-state index contributed by atoms with van der Waals surface area (Å²) in [5.41, 5.74) is 9.69. The van der Waals surface area contributed by atoms with E-state index in [0.717, 1.165) is 47.0 Å². The van der Waals surface area contributed by atoms with Crippen LogP contribution in [0.25, 0.3) is 0 Å². The maximum Gasteiger partial charge on any atom is 0.229 e. The second-order valence-electron chi connectivity index (χ2n) is 14.3. The highest BCUT2D eigenvalue weighted by Crippen LogP contribution is 2.44. The molecule has 13 heteroatoms. The number of nitrogens with one attached hydrogen (secondary N) is 3. The highest BCUT2D eigenvalue weighted by atomic mass is 79.9. The summed E-state index contributed by atoms with van der Waals surface area (Å²) in [6.45, 7) is 8.87. The van der Waals surface area contributed by atoms with Gasteiger partial charge in [0.25, 0.3) is 0 Å². The molecule has 4 atom stereocenters. The van der Waals surface area contributed by atoms with Gasteiger partial charge in [0.05, 0.1) is 24.0 Å². The van der Waals surface area contributed by atoms with Crippen LogP contribution in [0.5, 0.6) is 11.5 Å². The van der Waals surface area contributed by atoms with Crippen LogP contribution in [0.3, 0.4) is 0 Å². The first-order valence-corrected chi connectivity index (χ1v) is 20.6. The molecule has 4 aromatic carbocycles. The normalized spacial score (nSPS) is 21.3. The fourth-order valence-corrected chi connectivity index (χ4v) is 7.92. The molecule has 0 fully saturated rings. The molecule has 0 spiro atoms. The van der Waals surface area contributed by atoms with E-state index in [1.807, 2.05) is 76.2 Å². The molecule has 52 heavy (non-hydrogen) atoms. The predicted molar refractivity (Wildman–Crippen MR) is 214 cm³/mol. The Kier molecular flexibility index (Phi) is 12.7. The molecule has 4 aromatic rings. The van der Waals surface area contributed by atoms with E-state index in [0.29, 0.717) is 28.1 Å². The third-order valence-corrected chi connectivity index (χ3v) is 11.2. The number of rotatable bonds is 10. The first-order valence-electron chi connectivity index (χ1n) is 17.1. The second kappa shape index (κ2) is 16.5. The molecule has 0 radical (unpaired) electrons. The van der Waals surface area contributed by atoms with E-state index in [4.69, 9.17) is 15.2 Å². The van der Waals surface area contributed by atoms with Crippen molar-refractivity contribution in [3.63, 3.8) is 0 Å². The molecule has 0 unspecified atom stereocenters. The standard InChI is InChI=1S/C20H25BrN2O4S.C19H23BrN2O2/c1-20(2)19(24)18(22-10-9-13-7-5-4-6-8-13)14-11-15(21)16(12-17(14)27-20)23-28(3,25)26;1-19(2)18(23)17(22-9-8-12-6-4-3-5-7-12)13-10-14(20)15(21)11-16(13)24-19/h4-8,11-12,18-19,22-24H,9-10H2,1-3H3;3-7,10-11,17-18,22-23H,8-9,21H2,1-2H3/t18-,19+;17-,18+/m00/s1. The van der Waals surface area contributed by atoms with Crippen molar-refractivity contribution in [1.29, 1.82) is 0 Å². The fraction of sp³-hybridized carbons (Fsp3) is 0.385. The first kappa shape index (κ1) is 40.0. The van der Waals surface area contributed by atoms with Crippen LogP contribution in [-0.2, 0) is 22.9 Å². The second-order valence-corrected chi connectivity index (χ2v) is 17.7. The van der Waals surface area contributed by atoms with Gasteiger partial charge in [-0.3, -0.25) is 4.72 Å². The molecular weight excluding hydrogens is 812 g/mol. The summed E-state index contributed by atoms with van der Waals surface area (Å²) >= 11 is 6.88. The number of aliphatic hydroxyl groups excluding tert-OH is 2. The average Bonchev–Trinajstić information content (AvgIpc) is 3.07. The van der Waals surface area contributed by atoms with Crippen LogP contribution in [0, 0.1) is 0 Å². The summed E-state index contributed by atoms with van der Waals surface area (Å²) in [4.78, 5) is 0. The number of nitrogens with two attached hydrogens (primary N) is 1. The van der Waals surface area contributed by atoms with E-state index < -0.39 is 33.4 Å². The summed E-state index contributed by atoms with van der Waals surface area (Å²) in [7, 11) is -3.42. The number of halogens is 2. The van der Waals surface area contributed by atoms with E-state index in [9.17, 15) is 18.6 Å². The lowest BCUT2D eigenvalue weighted by atomic mass is 9.86. The van der Waals surface area contributed by atoms with Crippen LogP contribution in [-0.4, -0.2) is 61.4 Å². The molecule has 7 N–H and O–H groups in total. The molecule has 0 bridgehead atoms. The van der Waals surface area contributed by atoms with Crippen LogP contribution >= 0.6 is 31.9 Å². The van der Waals surface area contributed by atoms with Crippen molar-refractivity contribution < 1.29 is 28.1 Å². The number of ether oxygens (including phenoxy) is 2. The van der Waals surface area contributed by atoms with Gasteiger partial charge >= 0.3 is 0 Å². The summed E-state index contributed by atoms with van der Waals surface area (Å²) in [5.74, 6) is 1.27. The van der Waals surface area contributed by atoms with Crippen LogP contribution < -0.4 is 30.6 Å². The Labute approximate surface area is 323 Å². The Balaban J connectivity index is 0.000000203. The highest BCUT2D eigenvalue weighted by Gasteiger charge is 2.44. The summed E-state index contributed by atoms with van der Waals surface area (Å²) in [6.07, 6.45) is 1.40. The number of benzene rings is 4. The van der Waals surface area contributed by atoms with Gasteiger partial charge in [-0.1, -0.05) is 60.7 Å². The first-order chi connectivity index (χ1) is 24.4. The molecular formula is C39H48Br2N4O6S. The Morgan fingerprint density at radius 3 is 1.58 bits per heavy atom. The van der Waals surface area contributed by atoms with Crippen LogP contribution in [0.4, 0.5) is 11.4 Å². The lowest BCUT2D eigenvalue weighted by Gasteiger charge is -2.42. The molecule has 0 aromatic heterocycles. The third kappa shape index (κ3) is 9.87. The summed E-state index contributed by atoms with van der Waals surface area (Å²) in [6, 6.07) is 27.1. The number of fused-ring (bicyclic) bond motifs is 2. The van der Waals surface area contributed by atoms with Crippen molar-refractivity contribution in [2.45, 2.75) is 76.0 Å². The summed E-state index contributed by atoms with van der Waals surface area (Å²) < 4.78 is 39.1. The number of anilines is 2. The number of sulfonamides is 1. The van der Waals surface area contributed by atoms with Crippen molar-refractivity contribution in [2.24, 2.45) is 0 Å². The maximum atomic E-state index is 11.6. The monoisotopic (exact) mass is 858 g/mol. The molecule has 0 aliphatic carbocycles. The lowest BCUT2D eigenvalue weighted by molar-refractivity contribution is -0.0643. The van der Waals surface area contributed by atoms with Gasteiger partial charge in [-0.25, -0.2) is 8.42 Å². The number of nitrogen functional groups attached to an aromatic ring is 1. The quantitative estimate of drug-likeness (QED) is 0.0961. The fourth-order valence-electron chi connectivity index (χ4n) is 6.40. The zero-order chi connectivity index (χ0) is 37.8. The van der Waals surface area contributed by atoms with Gasteiger partial charge in [-0.05, 0) is 109 Å². The van der Waals surface area contributed by atoms with Gasteiger partial charge in [-0.2, -0.15) is 0 Å². The molecule has 2 aliphatic heterocycles. The average molecular weight is 861 g/mol. The van der Waals surface area contributed by atoms with Gasteiger partial charge in [0.2, 0.25) is 10.0 Å². The van der Waals surface area contributed by atoms with Crippen molar-refractivity contribution in [2.75, 3.05) is 29.8 Å². The number of hydrogen-bond donors (Lipinski definition) is 6. The molecule has 6 rings (SSSR count). The number of hydrogen-bond acceptors (Lipinski definition) is 9. The predicted octanol–water partition coefficient (Wildman–Crippen LogP) is 6.66. The Morgan fingerprint density at radius 2 is 1.13 bits per heavy atom. The molecule has 2 heterocycles. The van der Waals surface area contributed by atoms with Crippen LogP contribution in [0.15, 0.2) is 93.9 Å². The van der Waals surface area contributed by atoms with Crippen molar-refractivity contribution in [1.82, 2.24) is 10.6 Å². The van der Waals surface area contributed by atoms with Gasteiger partial charge in [-0.15, -0.1) is 0 Å². The van der Waals surface area contributed by atoms with Gasteiger partial charge in [0, 0.05) is 37.9 Å². The van der Waals surface area contributed by atoms with Crippen molar-refractivity contribution in [3.05, 3.63) is 116 Å². The molecule has 10 nitrogen and oxygen atoms in total. The molecule has 0 saturated heterocycles. The SMILES string of the molecule is CC1(C)Oc2cc(N)c(Br)cc2[C@H](NCCc2ccccc2)[C@H]1O.CC1(C)Oc2cc(NS(C)(=O)=O)c(Br)cc2[C@H](NCCc2ccccc2)[C@H]1O. The minimum absolute atomic E-state index is 0.204. The van der Waals surface area contributed by atoms with Crippen molar-refractivity contribution >= 4 is 53.3 Å².